The first-order valence-corrected chi connectivity index (χ1v) is 23.7. The Labute approximate surface area is 351 Å². The first-order chi connectivity index (χ1) is 28.0. The van der Waals surface area contributed by atoms with Crippen LogP contribution >= 0.6 is 0 Å². The average molecular weight is 796 g/mol. The van der Waals surface area contributed by atoms with E-state index in [0.29, 0.717) is 25.7 Å². The number of carbonyl (C=O) groups is 2. The number of ether oxygens (including phenoxy) is 1. The van der Waals surface area contributed by atoms with Crippen molar-refractivity contribution in [2.24, 2.45) is 0 Å². The highest BCUT2D eigenvalue weighted by Gasteiger charge is 2.24. The normalized spacial score (nSPS) is 14.0. The van der Waals surface area contributed by atoms with Crippen molar-refractivity contribution in [1.29, 1.82) is 0 Å². The lowest BCUT2D eigenvalue weighted by Crippen LogP contribution is -2.46. The summed E-state index contributed by atoms with van der Waals surface area (Å²) in [4.78, 5) is 26.0. The maximum absolute atomic E-state index is 13.1. The number of unbranched alkanes of at least 4 members (excludes halogenated alkanes) is 21. The topological polar surface area (TPSA) is 95.9 Å². The predicted molar refractivity (Wildman–Crippen MR) is 245 cm³/mol. The molecular weight excluding hydrogens is 707 g/mol. The molecule has 328 valence electrons. The van der Waals surface area contributed by atoms with Crippen LogP contribution < -0.4 is 5.32 Å². The molecule has 6 heteroatoms. The van der Waals surface area contributed by atoms with Crippen LogP contribution in [0.25, 0.3) is 0 Å². The fraction of sp³-hybridized carbons (Fsp3) is 0.725. The predicted octanol–water partition coefficient (Wildman–Crippen LogP) is 13.8. The minimum absolute atomic E-state index is 0.0358. The van der Waals surface area contributed by atoms with E-state index in [2.05, 4.69) is 44.3 Å². The zero-order valence-corrected chi connectivity index (χ0v) is 37.2. The molecule has 3 atom stereocenters. The number of allylic oxidation sites excluding steroid dienone is 12. The number of aliphatic hydroxyl groups is 2. The Morgan fingerprint density at radius 3 is 1.49 bits per heavy atom. The van der Waals surface area contributed by atoms with Crippen molar-refractivity contribution in [2.75, 3.05) is 6.61 Å². The maximum atomic E-state index is 13.1. The van der Waals surface area contributed by atoms with Crippen molar-refractivity contribution in [2.45, 2.75) is 232 Å². The third kappa shape index (κ3) is 39.9. The second kappa shape index (κ2) is 44.4. The number of carbonyl (C=O) groups excluding carboxylic acids is 2. The van der Waals surface area contributed by atoms with Gasteiger partial charge in [-0.25, -0.2) is 0 Å². The first kappa shape index (κ1) is 54.3. The number of esters is 1. The number of amides is 1. The SMILES string of the molecule is CC/C=C/C=C/C=C\C=C/C=C/CCCC(=O)OC(CCCCC/C=C/CCCCCCCCC)CC(=O)NC(CO)C(O)CCCCCCCCCCCCC. The Bertz CT molecular complexity index is 1070. The third-order valence-electron chi connectivity index (χ3n) is 10.4. The van der Waals surface area contributed by atoms with Gasteiger partial charge in [-0.1, -0.05) is 209 Å². The number of rotatable bonds is 41. The molecule has 0 rings (SSSR count). The summed E-state index contributed by atoms with van der Waals surface area (Å²) in [7, 11) is 0. The lowest BCUT2D eigenvalue weighted by atomic mass is 10.0. The van der Waals surface area contributed by atoms with Crippen molar-refractivity contribution in [3.63, 3.8) is 0 Å². The molecule has 6 nitrogen and oxygen atoms in total. The second-order valence-corrected chi connectivity index (χ2v) is 15.9. The monoisotopic (exact) mass is 796 g/mol. The van der Waals surface area contributed by atoms with Crippen LogP contribution in [0.15, 0.2) is 72.9 Å². The Kier molecular flexibility index (Phi) is 42.3. The van der Waals surface area contributed by atoms with Crippen molar-refractivity contribution in [3.05, 3.63) is 72.9 Å². The zero-order valence-electron chi connectivity index (χ0n) is 37.2. The molecule has 57 heavy (non-hydrogen) atoms. The van der Waals surface area contributed by atoms with Crippen LogP contribution in [0.4, 0.5) is 0 Å². The smallest absolute Gasteiger partial charge is 0.306 e. The standard InChI is InChI=1S/C51H89NO5/c1-4-7-10-13-16-19-22-24-26-28-30-33-36-39-42-47(57-51(56)44-41-38-35-32-29-25-23-20-17-14-11-8-5-2)45-50(55)52-48(46-53)49(54)43-40-37-34-31-27-21-18-15-12-9-6-3/h8,11,14,17,20,23,25-26,28-29,32,35,47-49,53-54H,4-7,9-10,12-13,15-16,18-19,21-22,24,27,30-31,33-34,36-46H2,1-3H3,(H,52,55)/b11-8+,17-14+,23-20-,28-26+,29-25-,35-32+. The number of aliphatic hydroxyl groups excluding tert-OH is 2. The average Bonchev–Trinajstić information content (AvgIpc) is 3.20. The van der Waals surface area contributed by atoms with Crippen molar-refractivity contribution >= 4 is 11.9 Å². The van der Waals surface area contributed by atoms with Crippen molar-refractivity contribution in [3.8, 4) is 0 Å². The van der Waals surface area contributed by atoms with E-state index in [0.717, 1.165) is 64.2 Å². The molecule has 0 saturated carbocycles. The molecule has 0 aliphatic heterocycles. The van der Waals surface area contributed by atoms with E-state index in [-0.39, 0.29) is 24.9 Å². The van der Waals surface area contributed by atoms with Crippen LogP contribution in [0.1, 0.15) is 213 Å². The number of hydrogen-bond acceptors (Lipinski definition) is 5. The van der Waals surface area contributed by atoms with Gasteiger partial charge in [0.2, 0.25) is 5.91 Å². The summed E-state index contributed by atoms with van der Waals surface area (Å²) in [5, 5.41) is 23.6. The zero-order chi connectivity index (χ0) is 41.7. The maximum Gasteiger partial charge on any atom is 0.306 e. The van der Waals surface area contributed by atoms with Gasteiger partial charge in [-0.3, -0.25) is 9.59 Å². The molecule has 0 bridgehead atoms. The summed E-state index contributed by atoms with van der Waals surface area (Å²) < 4.78 is 5.86. The molecular formula is C51H89NO5. The minimum atomic E-state index is -0.805. The summed E-state index contributed by atoms with van der Waals surface area (Å²) in [6.45, 7) is 6.29. The Morgan fingerprint density at radius 2 is 0.965 bits per heavy atom. The fourth-order valence-electron chi connectivity index (χ4n) is 6.81. The van der Waals surface area contributed by atoms with E-state index in [1.807, 2.05) is 54.7 Å². The molecule has 0 aliphatic carbocycles. The van der Waals surface area contributed by atoms with Gasteiger partial charge < -0.3 is 20.3 Å². The molecule has 1 amide bonds. The molecule has 0 radical (unpaired) electrons. The Morgan fingerprint density at radius 1 is 0.526 bits per heavy atom. The lowest BCUT2D eigenvalue weighted by molar-refractivity contribution is -0.151. The summed E-state index contributed by atoms with van der Waals surface area (Å²) in [6, 6.07) is -0.722. The van der Waals surface area contributed by atoms with Gasteiger partial charge in [0.15, 0.2) is 0 Å². The molecule has 0 heterocycles. The van der Waals surface area contributed by atoms with Crippen LogP contribution in [-0.2, 0) is 14.3 Å². The summed E-state index contributed by atoms with van der Waals surface area (Å²) in [5.74, 6) is -0.582. The molecule has 3 N–H and O–H groups in total. The largest absolute Gasteiger partial charge is 0.462 e. The second-order valence-electron chi connectivity index (χ2n) is 15.9. The molecule has 0 fully saturated rings. The van der Waals surface area contributed by atoms with E-state index in [4.69, 9.17) is 4.74 Å². The van der Waals surface area contributed by atoms with Gasteiger partial charge in [-0.15, -0.1) is 0 Å². The molecule has 0 saturated heterocycles. The highest BCUT2D eigenvalue weighted by atomic mass is 16.5. The summed E-state index contributed by atoms with van der Waals surface area (Å²) in [6.07, 6.45) is 55.3. The van der Waals surface area contributed by atoms with E-state index in [1.54, 1.807) is 0 Å². The summed E-state index contributed by atoms with van der Waals surface area (Å²) >= 11 is 0. The van der Waals surface area contributed by atoms with Gasteiger partial charge in [-0.05, 0) is 64.2 Å². The highest BCUT2D eigenvalue weighted by Crippen LogP contribution is 2.17. The van der Waals surface area contributed by atoms with E-state index in [9.17, 15) is 19.8 Å². The van der Waals surface area contributed by atoms with E-state index in [1.165, 1.54) is 96.3 Å². The van der Waals surface area contributed by atoms with Crippen LogP contribution in [0.5, 0.6) is 0 Å². The quantitative estimate of drug-likeness (QED) is 0.0248. The van der Waals surface area contributed by atoms with Crippen LogP contribution in [0.2, 0.25) is 0 Å². The fourth-order valence-corrected chi connectivity index (χ4v) is 6.81. The minimum Gasteiger partial charge on any atom is -0.462 e. The van der Waals surface area contributed by atoms with Gasteiger partial charge >= 0.3 is 5.97 Å². The van der Waals surface area contributed by atoms with Crippen LogP contribution in [-0.4, -0.2) is 46.9 Å². The van der Waals surface area contributed by atoms with E-state index < -0.39 is 18.2 Å². The van der Waals surface area contributed by atoms with E-state index >= 15 is 0 Å². The van der Waals surface area contributed by atoms with Crippen molar-refractivity contribution < 1.29 is 24.5 Å². The van der Waals surface area contributed by atoms with Gasteiger partial charge in [0.05, 0.1) is 25.2 Å². The Hall–Kier alpha value is -2.70. The van der Waals surface area contributed by atoms with Crippen LogP contribution in [0, 0.1) is 0 Å². The lowest BCUT2D eigenvalue weighted by Gasteiger charge is -2.24. The molecule has 0 spiro atoms. The third-order valence-corrected chi connectivity index (χ3v) is 10.4. The molecule has 0 aromatic heterocycles. The van der Waals surface area contributed by atoms with Gasteiger partial charge in [0.25, 0.3) is 0 Å². The first-order valence-electron chi connectivity index (χ1n) is 23.7. The number of hydrogen-bond donors (Lipinski definition) is 3. The molecule has 0 aromatic carbocycles. The Balaban J connectivity index is 4.75. The molecule has 3 unspecified atom stereocenters. The van der Waals surface area contributed by atoms with Gasteiger partial charge in [0.1, 0.15) is 6.10 Å². The van der Waals surface area contributed by atoms with Crippen molar-refractivity contribution in [1.82, 2.24) is 5.32 Å². The molecule has 0 aromatic rings. The highest BCUT2D eigenvalue weighted by molar-refractivity contribution is 5.77. The van der Waals surface area contributed by atoms with Gasteiger partial charge in [-0.2, -0.15) is 0 Å². The molecule has 0 aliphatic rings. The van der Waals surface area contributed by atoms with Crippen LogP contribution in [0.3, 0.4) is 0 Å². The van der Waals surface area contributed by atoms with Gasteiger partial charge in [0, 0.05) is 6.42 Å². The number of nitrogens with one attached hydrogen (secondary N) is 1. The summed E-state index contributed by atoms with van der Waals surface area (Å²) in [5.41, 5.74) is 0.